The van der Waals surface area contributed by atoms with Gasteiger partial charge in [0.2, 0.25) is 11.8 Å². The molecule has 0 bridgehead atoms. The van der Waals surface area contributed by atoms with Crippen molar-refractivity contribution in [2.75, 3.05) is 26.7 Å². The third-order valence-electron chi connectivity index (χ3n) is 4.04. The zero-order valence-electron chi connectivity index (χ0n) is 12.6. The third-order valence-corrected chi connectivity index (χ3v) is 4.04. The highest BCUT2D eigenvalue weighted by atomic mass is 16.6. The van der Waals surface area contributed by atoms with Gasteiger partial charge in [-0.1, -0.05) is 12.1 Å². The number of ether oxygens (including phenoxy) is 2. The summed E-state index contributed by atoms with van der Waals surface area (Å²) in [5.41, 5.74) is 0. The van der Waals surface area contributed by atoms with Gasteiger partial charge >= 0.3 is 0 Å². The molecule has 22 heavy (non-hydrogen) atoms. The Bertz CT molecular complexity index is 565. The number of hydrogen-bond acceptors (Lipinski definition) is 4. The summed E-state index contributed by atoms with van der Waals surface area (Å²) < 4.78 is 11.5. The molecule has 3 rings (SSSR count). The summed E-state index contributed by atoms with van der Waals surface area (Å²) in [6.07, 6.45) is 0.850. The van der Waals surface area contributed by atoms with Crippen LogP contribution in [-0.4, -0.2) is 49.6 Å². The number of fused-ring (bicyclic) bond motifs is 1. The SMILES string of the molecule is CN(C[C@H]1COc2ccccc2O1)C(=O)[C@H]1CCC(=O)NC1. The van der Waals surface area contributed by atoms with E-state index < -0.39 is 0 Å². The predicted octanol–water partition coefficient (Wildman–Crippen LogP) is 0.811. The average Bonchev–Trinajstić information content (AvgIpc) is 2.55. The van der Waals surface area contributed by atoms with E-state index in [1.54, 1.807) is 11.9 Å². The number of carbonyl (C=O) groups excluding carboxylic acids is 2. The number of nitrogens with zero attached hydrogens (tertiary/aromatic N) is 1. The van der Waals surface area contributed by atoms with E-state index in [-0.39, 0.29) is 23.8 Å². The Morgan fingerprint density at radius 1 is 1.36 bits per heavy atom. The maximum Gasteiger partial charge on any atom is 0.227 e. The molecule has 2 aliphatic heterocycles. The van der Waals surface area contributed by atoms with E-state index in [9.17, 15) is 9.59 Å². The van der Waals surface area contributed by atoms with Crippen molar-refractivity contribution >= 4 is 11.8 Å². The second-order valence-electron chi connectivity index (χ2n) is 5.76. The van der Waals surface area contributed by atoms with Crippen molar-refractivity contribution in [3.8, 4) is 11.5 Å². The lowest BCUT2D eigenvalue weighted by Crippen LogP contribution is -2.47. The monoisotopic (exact) mass is 304 g/mol. The van der Waals surface area contributed by atoms with Gasteiger partial charge < -0.3 is 19.7 Å². The molecule has 1 saturated heterocycles. The standard InChI is InChI=1S/C16H20N2O4/c1-18(16(20)11-6-7-15(19)17-8-11)9-12-10-21-13-4-2-3-5-14(13)22-12/h2-5,11-12H,6-10H2,1H3,(H,17,19)/t11-,12-/m0/s1. The lowest BCUT2D eigenvalue weighted by molar-refractivity contribution is -0.137. The van der Waals surface area contributed by atoms with Crippen LogP contribution in [0, 0.1) is 5.92 Å². The van der Waals surface area contributed by atoms with Crippen LogP contribution in [0.1, 0.15) is 12.8 Å². The number of carbonyl (C=O) groups is 2. The van der Waals surface area contributed by atoms with Crippen molar-refractivity contribution < 1.29 is 19.1 Å². The van der Waals surface area contributed by atoms with Crippen LogP contribution in [0.25, 0.3) is 0 Å². The van der Waals surface area contributed by atoms with Crippen LogP contribution in [0.5, 0.6) is 11.5 Å². The summed E-state index contributed by atoms with van der Waals surface area (Å²) in [6, 6.07) is 7.52. The van der Waals surface area contributed by atoms with E-state index in [0.29, 0.717) is 38.3 Å². The molecule has 6 nitrogen and oxygen atoms in total. The summed E-state index contributed by atoms with van der Waals surface area (Å²) in [6.45, 7) is 1.32. The van der Waals surface area contributed by atoms with Gasteiger partial charge in [-0.15, -0.1) is 0 Å². The van der Waals surface area contributed by atoms with Gasteiger partial charge in [-0.3, -0.25) is 9.59 Å². The van der Waals surface area contributed by atoms with Gasteiger partial charge in [0.25, 0.3) is 0 Å². The molecule has 0 spiro atoms. The van der Waals surface area contributed by atoms with Gasteiger partial charge in [-0.05, 0) is 18.6 Å². The minimum absolute atomic E-state index is 0.0207. The quantitative estimate of drug-likeness (QED) is 0.897. The van der Waals surface area contributed by atoms with Crippen molar-refractivity contribution in [2.45, 2.75) is 18.9 Å². The summed E-state index contributed by atoms with van der Waals surface area (Å²) in [5, 5.41) is 2.74. The fourth-order valence-electron chi connectivity index (χ4n) is 2.80. The van der Waals surface area contributed by atoms with Crippen molar-refractivity contribution in [1.82, 2.24) is 10.2 Å². The minimum atomic E-state index is -0.179. The van der Waals surface area contributed by atoms with E-state index in [2.05, 4.69) is 5.32 Å². The average molecular weight is 304 g/mol. The fourth-order valence-corrected chi connectivity index (χ4v) is 2.80. The number of nitrogens with one attached hydrogen (secondary N) is 1. The first kappa shape index (κ1) is 14.7. The molecular weight excluding hydrogens is 284 g/mol. The van der Waals surface area contributed by atoms with E-state index in [1.165, 1.54) is 0 Å². The van der Waals surface area contributed by atoms with Gasteiger partial charge in [-0.25, -0.2) is 0 Å². The molecule has 0 aromatic heterocycles. The number of para-hydroxylation sites is 2. The molecule has 118 valence electrons. The number of likely N-dealkylation sites (N-methyl/N-ethyl adjacent to an activating group) is 1. The van der Waals surface area contributed by atoms with Crippen LogP contribution in [0.15, 0.2) is 24.3 Å². The molecule has 1 N–H and O–H groups in total. The molecule has 0 aliphatic carbocycles. The molecule has 2 atom stereocenters. The van der Waals surface area contributed by atoms with E-state index >= 15 is 0 Å². The first-order chi connectivity index (χ1) is 10.6. The largest absolute Gasteiger partial charge is 0.486 e. The highest BCUT2D eigenvalue weighted by molar-refractivity contribution is 5.83. The fraction of sp³-hybridized carbons (Fsp3) is 0.500. The molecule has 1 fully saturated rings. The summed E-state index contributed by atoms with van der Waals surface area (Å²) in [5.74, 6) is 1.38. The second-order valence-corrected chi connectivity index (χ2v) is 5.76. The number of rotatable bonds is 3. The molecule has 2 aliphatic rings. The van der Waals surface area contributed by atoms with Crippen molar-refractivity contribution in [1.29, 1.82) is 0 Å². The van der Waals surface area contributed by atoms with Crippen LogP contribution < -0.4 is 14.8 Å². The molecule has 0 radical (unpaired) electrons. The van der Waals surface area contributed by atoms with Crippen LogP contribution in [0.4, 0.5) is 0 Å². The maximum absolute atomic E-state index is 12.4. The zero-order chi connectivity index (χ0) is 15.5. The Morgan fingerprint density at radius 3 is 2.86 bits per heavy atom. The Kier molecular flexibility index (Phi) is 4.18. The van der Waals surface area contributed by atoms with Gasteiger partial charge in [-0.2, -0.15) is 0 Å². The number of piperidine rings is 1. The van der Waals surface area contributed by atoms with Crippen LogP contribution in [-0.2, 0) is 9.59 Å². The molecule has 2 amide bonds. The van der Waals surface area contributed by atoms with Crippen LogP contribution >= 0.6 is 0 Å². The molecule has 6 heteroatoms. The Balaban J connectivity index is 1.55. The molecule has 0 unspecified atom stereocenters. The molecule has 1 aromatic carbocycles. The summed E-state index contributed by atoms with van der Waals surface area (Å²) >= 11 is 0. The van der Waals surface area contributed by atoms with Gasteiger partial charge in [0, 0.05) is 20.0 Å². The van der Waals surface area contributed by atoms with E-state index in [4.69, 9.17) is 9.47 Å². The summed E-state index contributed by atoms with van der Waals surface area (Å²) in [4.78, 5) is 25.2. The van der Waals surface area contributed by atoms with E-state index in [1.807, 2.05) is 24.3 Å². The topological polar surface area (TPSA) is 67.9 Å². The van der Waals surface area contributed by atoms with Crippen molar-refractivity contribution in [3.63, 3.8) is 0 Å². The van der Waals surface area contributed by atoms with Gasteiger partial charge in [0.05, 0.1) is 12.5 Å². The van der Waals surface area contributed by atoms with Crippen molar-refractivity contribution in [2.24, 2.45) is 5.92 Å². The molecule has 1 aromatic rings. The lowest BCUT2D eigenvalue weighted by Gasteiger charge is -2.32. The first-order valence-electron chi connectivity index (χ1n) is 7.53. The normalized spacial score (nSPS) is 23.6. The summed E-state index contributed by atoms with van der Waals surface area (Å²) in [7, 11) is 1.77. The van der Waals surface area contributed by atoms with Gasteiger partial charge in [0.1, 0.15) is 6.61 Å². The second kappa shape index (κ2) is 6.25. The lowest BCUT2D eigenvalue weighted by atomic mass is 9.97. The molecular formula is C16H20N2O4. The maximum atomic E-state index is 12.4. The predicted molar refractivity (Wildman–Crippen MR) is 79.7 cm³/mol. The third kappa shape index (κ3) is 3.16. The first-order valence-corrected chi connectivity index (χ1v) is 7.53. The highest BCUT2D eigenvalue weighted by Crippen LogP contribution is 2.31. The van der Waals surface area contributed by atoms with Crippen LogP contribution in [0.2, 0.25) is 0 Å². The van der Waals surface area contributed by atoms with Crippen molar-refractivity contribution in [3.05, 3.63) is 24.3 Å². The Morgan fingerprint density at radius 2 is 2.14 bits per heavy atom. The smallest absolute Gasteiger partial charge is 0.227 e. The Labute approximate surface area is 129 Å². The van der Waals surface area contributed by atoms with E-state index in [0.717, 1.165) is 5.75 Å². The molecule has 0 saturated carbocycles. The number of hydrogen-bond donors (Lipinski definition) is 1. The highest BCUT2D eigenvalue weighted by Gasteiger charge is 2.29. The minimum Gasteiger partial charge on any atom is -0.486 e. The van der Waals surface area contributed by atoms with Gasteiger partial charge in [0.15, 0.2) is 17.6 Å². The van der Waals surface area contributed by atoms with Crippen LogP contribution in [0.3, 0.4) is 0 Å². The Hall–Kier alpha value is -2.24. The number of amides is 2. The zero-order valence-corrected chi connectivity index (χ0v) is 12.6. The number of benzene rings is 1. The molecule has 2 heterocycles.